The van der Waals surface area contributed by atoms with E-state index in [2.05, 4.69) is 5.32 Å². The second kappa shape index (κ2) is 9.82. The maximum absolute atomic E-state index is 11.7. The van der Waals surface area contributed by atoms with Crippen LogP contribution in [0.15, 0.2) is 24.3 Å². The predicted molar refractivity (Wildman–Crippen MR) is 84.5 cm³/mol. The van der Waals surface area contributed by atoms with Crippen LogP contribution < -0.4 is 10.1 Å². The van der Waals surface area contributed by atoms with Crippen LogP contribution in [0.2, 0.25) is 0 Å². The molecule has 0 bridgehead atoms. The van der Waals surface area contributed by atoms with E-state index in [-0.39, 0.29) is 18.3 Å². The third-order valence-electron chi connectivity index (χ3n) is 3.01. The summed E-state index contributed by atoms with van der Waals surface area (Å²) in [5.74, 6) is 0.816. The van der Waals surface area contributed by atoms with Crippen molar-refractivity contribution < 1.29 is 19.1 Å². The summed E-state index contributed by atoms with van der Waals surface area (Å²) in [6, 6.07) is 7.52. The van der Waals surface area contributed by atoms with Crippen molar-refractivity contribution in [1.82, 2.24) is 5.32 Å². The fraction of sp³-hybridized carbons (Fsp3) is 0.529. The molecule has 5 nitrogen and oxygen atoms in total. The minimum atomic E-state index is -0.239. The first-order chi connectivity index (χ1) is 10.5. The molecular weight excluding hydrogens is 282 g/mol. The van der Waals surface area contributed by atoms with E-state index < -0.39 is 0 Å². The van der Waals surface area contributed by atoms with Gasteiger partial charge < -0.3 is 14.8 Å². The van der Waals surface area contributed by atoms with Gasteiger partial charge in [0.2, 0.25) is 5.91 Å². The number of rotatable bonds is 9. The minimum Gasteiger partial charge on any atom is -0.497 e. The third-order valence-corrected chi connectivity index (χ3v) is 3.01. The molecule has 1 N–H and O–H groups in total. The first-order valence-electron chi connectivity index (χ1n) is 7.56. The van der Waals surface area contributed by atoms with Crippen molar-refractivity contribution in [3.63, 3.8) is 0 Å². The van der Waals surface area contributed by atoms with Crippen LogP contribution in [0.5, 0.6) is 5.75 Å². The van der Waals surface area contributed by atoms with Crippen molar-refractivity contribution in [1.29, 1.82) is 0 Å². The van der Waals surface area contributed by atoms with Crippen molar-refractivity contribution in [2.75, 3.05) is 13.7 Å². The van der Waals surface area contributed by atoms with Crippen LogP contribution in [-0.4, -0.2) is 25.6 Å². The van der Waals surface area contributed by atoms with Gasteiger partial charge >= 0.3 is 5.97 Å². The lowest BCUT2D eigenvalue weighted by Crippen LogP contribution is -2.22. The molecule has 0 aliphatic carbocycles. The first-order valence-corrected chi connectivity index (χ1v) is 7.56. The van der Waals surface area contributed by atoms with Gasteiger partial charge in [-0.05, 0) is 30.0 Å². The lowest BCUT2D eigenvalue weighted by molar-refractivity contribution is -0.144. The topological polar surface area (TPSA) is 64.6 Å². The number of esters is 1. The fourth-order valence-corrected chi connectivity index (χ4v) is 1.76. The fourth-order valence-electron chi connectivity index (χ4n) is 1.76. The zero-order valence-corrected chi connectivity index (χ0v) is 13.6. The highest BCUT2D eigenvalue weighted by Crippen LogP contribution is 2.11. The van der Waals surface area contributed by atoms with Gasteiger partial charge in [-0.15, -0.1) is 0 Å². The molecule has 0 radical (unpaired) electrons. The quantitative estimate of drug-likeness (QED) is 0.712. The van der Waals surface area contributed by atoms with E-state index >= 15 is 0 Å². The van der Waals surface area contributed by atoms with Crippen molar-refractivity contribution >= 4 is 11.9 Å². The molecule has 0 saturated heterocycles. The molecular formula is C17H25NO4. The van der Waals surface area contributed by atoms with Gasteiger partial charge in [0, 0.05) is 19.4 Å². The number of ether oxygens (including phenoxy) is 2. The Morgan fingerprint density at radius 1 is 1.14 bits per heavy atom. The maximum atomic E-state index is 11.7. The second-order valence-electron chi connectivity index (χ2n) is 5.56. The molecule has 1 aromatic carbocycles. The first kappa shape index (κ1) is 18.0. The summed E-state index contributed by atoms with van der Waals surface area (Å²) in [5.41, 5.74) is 1.01. The molecule has 0 aliphatic heterocycles. The normalized spacial score (nSPS) is 10.4. The number of carbonyl (C=O) groups excluding carboxylic acids is 2. The van der Waals surface area contributed by atoms with Crippen LogP contribution in [0.1, 0.15) is 38.7 Å². The molecule has 1 amide bonds. The highest BCUT2D eigenvalue weighted by atomic mass is 16.5. The lowest BCUT2D eigenvalue weighted by Gasteiger charge is -2.08. The Morgan fingerprint density at radius 3 is 2.41 bits per heavy atom. The molecule has 22 heavy (non-hydrogen) atoms. The summed E-state index contributed by atoms with van der Waals surface area (Å²) in [6.45, 7) is 4.88. The Labute approximate surface area is 132 Å². The predicted octanol–water partition coefficient (Wildman–Crippen LogP) is 2.68. The molecule has 0 atom stereocenters. The molecule has 1 rings (SSSR count). The van der Waals surface area contributed by atoms with Crippen molar-refractivity contribution in [2.45, 2.75) is 39.7 Å². The third kappa shape index (κ3) is 7.67. The monoisotopic (exact) mass is 307 g/mol. The minimum absolute atomic E-state index is 0.0625. The maximum Gasteiger partial charge on any atom is 0.305 e. The number of methoxy groups -OCH3 is 1. The summed E-state index contributed by atoms with van der Waals surface area (Å²) in [7, 11) is 1.61. The zero-order valence-electron chi connectivity index (χ0n) is 13.6. The Hall–Kier alpha value is -2.04. The van der Waals surface area contributed by atoms with E-state index in [1.54, 1.807) is 7.11 Å². The van der Waals surface area contributed by atoms with E-state index in [1.807, 2.05) is 38.1 Å². The molecule has 0 aliphatic rings. The van der Waals surface area contributed by atoms with Crippen LogP contribution >= 0.6 is 0 Å². The van der Waals surface area contributed by atoms with E-state index in [0.717, 1.165) is 11.3 Å². The molecule has 0 fully saturated rings. The zero-order chi connectivity index (χ0) is 16.4. The Morgan fingerprint density at radius 2 is 1.82 bits per heavy atom. The molecule has 0 saturated carbocycles. The van der Waals surface area contributed by atoms with Crippen LogP contribution in [0.4, 0.5) is 0 Å². The number of carbonyl (C=O) groups is 2. The SMILES string of the molecule is COc1ccc(CNC(=O)CCCC(=O)OCC(C)C)cc1. The van der Waals surface area contributed by atoms with Crippen LogP contribution in [-0.2, 0) is 20.9 Å². The molecule has 122 valence electrons. The van der Waals surface area contributed by atoms with Gasteiger partial charge in [-0.3, -0.25) is 9.59 Å². The Balaban J connectivity index is 2.16. The van der Waals surface area contributed by atoms with E-state index in [0.29, 0.717) is 31.9 Å². The number of benzene rings is 1. The summed E-state index contributed by atoms with van der Waals surface area (Å²) in [4.78, 5) is 23.1. The largest absolute Gasteiger partial charge is 0.497 e. The molecule has 1 aromatic rings. The van der Waals surface area contributed by atoms with E-state index in [1.165, 1.54) is 0 Å². The summed E-state index contributed by atoms with van der Waals surface area (Å²) >= 11 is 0. The average Bonchev–Trinajstić information content (AvgIpc) is 2.51. The summed E-state index contributed by atoms with van der Waals surface area (Å²) < 4.78 is 10.1. The van der Waals surface area contributed by atoms with Crippen molar-refractivity contribution in [2.24, 2.45) is 5.92 Å². The Bertz CT molecular complexity index is 468. The van der Waals surface area contributed by atoms with Gasteiger partial charge in [0.05, 0.1) is 13.7 Å². The molecule has 5 heteroatoms. The molecule has 0 spiro atoms. The van der Waals surface area contributed by atoms with Crippen molar-refractivity contribution in [3.8, 4) is 5.75 Å². The smallest absolute Gasteiger partial charge is 0.305 e. The van der Waals surface area contributed by atoms with Gasteiger partial charge in [0.15, 0.2) is 0 Å². The van der Waals surface area contributed by atoms with Crippen molar-refractivity contribution in [3.05, 3.63) is 29.8 Å². The van der Waals surface area contributed by atoms with Gasteiger partial charge in [0.1, 0.15) is 5.75 Å². The van der Waals surface area contributed by atoms with Gasteiger partial charge in [-0.1, -0.05) is 26.0 Å². The van der Waals surface area contributed by atoms with Crippen LogP contribution in [0, 0.1) is 5.92 Å². The lowest BCUT2D eigenvalue weighted by atomic mass is 10.2. The van der Waals surface area contributed by atoms with E-state index in [4.69, 9.17) is 9.47 Å². The highest BCUT2D eigenvalue weighted by Gasteiger charge is 2.07. The molecule has 0 unspecified atom stereocenters. The number of hydrogen-bond donors (Lipinski definition) is 1. The van der Waals surface area contributed by atoms with Gasteiger partial charge in [-0.25, -0.2) is 0 Å². The molecule has 0 heterocycles. The average molecular weight is 307 g/mol. The second-order valence-corrected chi connectivity index (χ2v) is 5.56. The van der Waals surface area contributed by atoms with Crippen LogP contribution in [0.3, 0.4) is 0 Å². The van der Waals surface area contributed by atoms with Gasteiger partial charge in [-0.2, -0.15) is 0 Å². The van der Waals surface area contributed by atoms with Crippen LogP contribution in [0.25, 0.3) is 0 Å². The molecule has 0 aromatic heterocycles. The highest BCUT2D eigenvalue weighted by molar-refractivity contribution is 5.77. The standard InChI is InChI=1S/C17H25NO4/c1-13(2)12-22-17(20)6-4-5-16(19)18-11-14-7-9-15(21-3)10-8-14/h7-10,13H,4-6,11-12H2,1-3H3,(H,18,19). The summed E-state index contributed by atoms with van der Waals surface area (Å²) in [6.07, 6.45) is 1.11. The van der Waals surface area contributed by atoms with Gasteiger partial charge in [0.25, 0.3) is 0 Å². The number of hydrogen-bond acceptors (Lipinski definition) is 4. The number of nitrogens with one attached hydrogen (secondary N) is 1. The number of amides is 1. The van der Waals surface area contributed by atoms with E-state index in [9.17, 15) is 9.59 Å². The Kier molecular flexibility index (Phi) is 8.04. The summed E-state index contributed by atoms with van der Waals surface area (Å²) in [5, 5.41) is 2.83.